The molecule has 4 N–H and O–H groups in total. The molecule has 0 spiro atoms. The van der Waals surface area contributed by atoms with Crippen LogP contribution in [0.25, 0.3) is 0 Å². The molecule has 1 aromatic heterocycles. The molecule has 0 radical (unpaired) electrons. The van der Waals surface area contributed by atoms with Crippen molar-refractivity contribution in [2.45, 2.75) is 52.1 Å². The number of nitrogens with zero attached hydrogens (tertiary/aromatic N) is 2. The Hall–Kier alpha value is -1.76. The first-order chi connectivity index (χ1) is 9.93. The summed E-state index contributed by atoms with van der Waals surface area (Å²) in [6.07, 6.45) is 3.11. The van der Waals surface area contributed by atoms with E-state index in [1.807, 2.05) is 13.8 Å². The van der Waals surface area contributed by atoms with Gasteiger partial charge in [0.1, 0.15) is 11.5 Å². The molecule has 7 heteroatoms. The summed E-state index contributed by atoms with van der Waals surface area (Å²) >= 11 is 0. The van der Waals surface area contributed by atoms with Crippen molar-refractivity contribution < 1.29 is 5.11 Å². The standard InChI is InChI=1S/C14H26N4O3/c1-4-5-8-18-12(15)11(13(20)17(3)14(18)21)16-10(2)7-6-9-19/h10,16,19H,4-9,15H2,1-3H3. The van der Waals surface area contributed by atoms with Crippen molar-refractivity contribution in [2.75, 3.05) is 17.7 Å². The van der Waals surface area contributed by atoms with E-state index < -0.39 is 5.56 Å². The summed E-state index contributed by atoms with van der Waals surface area (Å²) < 4.78 is 2.51. The molecule has 0 saturated heterocycles. The lowest BCUT2D eigenvalue weighted by Gasteiger charge is -2.19. The van der Waals surface area contributed by atoms with Gasteiger partial charge in [-0.3, -0.25) is 13.9 Å². The fraction of sp³-hybridized carbons (Fsp3) is 0.714. The fourth-order valence-electron chi connectivity index (χ4n) is 2.17. The van der Waals surface area contributed by atoms with E-state index in [9.17, 15) is 9.59 Å². The van der Waals surface area contributed by atoms with Gasteiger partial charge in [0, 0.05) is 26.2 Å². The Labute approximate surface area is 124 Å². The Bertz CT molecular complexity index is 577. The maximum absolute atomic E-state index is 12.2. The van der Waals surface area contributed by atoms with Crippen LogP contribution < -0.4 is 22.3 Å². The summed E-state index contributed by atoms with van der Waals surface area (Å²) in [7, 11) is 1.45. The van der Waals surface area contributed by atoms with Gasteiger partial charge in [0.15, 0.2) is 0 Å². The molecule has 0 saturated carbocycles. The molecule has 7 nitrogen and oxygen atoms in total. The lowest BCUT2D eigenvalue weighted by molar-refractivity contribution is 0.282. The largest absolute Gasteiger partial charge is 0.396 e. The number of aliphatic hydroxyl groups is 1. The number of nitrogen functional groups attached to an aromatic ring is 1. The molecule has 1 unspecified atom stereocenters. The molecule has 1 atom stereocenters. The van der Waals surface area contributed by atoms with E-state index >= 15 is 0 Å². The van der Waals surface area contributed by atoms with Crippen LogP contribution in [-0.2, 0) is 13.6 Å². The van der Waals surface area contributed by atoms with Crippen molar-refractivity contribution in [3.05, 3.63) is 20.8 Å². The minimum Gasteiger partial charge on any atom is -0.396 e. The van der Waals surface area contributed by atoms with Crippen LogP contribution in [0.3, 0.4) is 0 Å². The predicted molar refractivity (Wildman–Crippen MR) is 84.7 cm³/mol. The first kappa shape index (κ1) is 17.3. The van der Waals surface area contributed by atoms with E-state index in [1.54, 1.807) is 0 Å². The van der Waals surface area contributed by atoms with Crippen LogP contribution >= 0.6 is 0 Å². The van der Waals surface area contributed by atoms with Crippen LogP contribution in [0.15, 0.2) is 9.59 Å². The fourth-order valence-corrected chi connectivity index (χ4v) is 2.17. The van der Waals surface area contributed by atoms with Crippen LogP contribution in [0.5, 0.6) is 0 Å². The van der Waals surface area contributed by atoms with Crippen LogP contribution in [0.2, 0.25) is 0 Å². The van der Waals surface area contributed by atoms with E-state index in [0.717, 1.165) is 17.4 Å². The smallest absolute Gasteiger partial charge is 0.332 e. The average Bonchev–Trinajstić information content (AvgIpc) is 2.47. The highest BCUT2D eigenvalue weighted by molar-refractivity contribution is 5.61. The Kier molecular flexibility index (Phi) is 6.48. The highest BCUT2D eigenvalue weighted by atomic mass is 16.3. The molecule has 0 bridgehead atoms. The highest BCUT2D eigenvalue weighted by Crippen LogP contribution is 2.14. The molecule has 1 aromatic rings. The highest BCUT2D eigenvalue weighted by Gasteiger charge is 2.16. The van der Waals surface area contributed by atoms with Crippen LogP contribution in [-0.4, -0.2) is 26.9 Å². The Morgan fingerprint density at radius 1 is 1.33 bits per heavy atom. The number of aromatic nitrogens is 2. The second-order valence-corrected chi connectivity index (χ2v) is 5.32. The number of nitrogens with two attached hydrogens (primary N) is 1. The molecular formula is C14H26N4O3. The van der Waals surface area contributed by atoms with Gasteiger partial charge < -0.3 is 16.2 Å². The molecule has 1 rings (SSSR count). The molecule has 21 heavy (non-hydrogen) atoms. The van der Waals surface area contributed by atoms with E-state index in [2.05, 4.69) is 5.32 Å². The molecule has 1 heterocycles. The average molecular weight is 298 g/mol. The predicted octanol–water partition coefficient (Wildman–Crippen LogP) is 0.502. The summed E-state index contributed by atoms with van der Waals surface area (Å²) in [5.74, 6) is 0.187. The van der Waals surface area contributed by atoms with Crippen LogP contribution in [0.1, 0.15) is 39.5 Å². The number of hydrogen-bond donors (Lipinski definition) is 3. The van der Waals surface area contributed by atoms with Crippen LogP contribution in [0, 0.1) is 0 Å². The first-order valence-electron chi connectivity index (χ1n) is 7.40. The van der Waals surface area contributed by atoms with Gasteiger partial charge in [0.05, 0.1) is 0 Å². The van der Waals surface area contributed by atoms with Gasteiger partial charge >= 0.3 is 5.69 Å². The van der Waals surface area contributed by atoms with Gasteiger partial charge in [-0.25, -0.2) is 4.79 Å². The zero-order valence-electron chi connectivity index (χ0n) is 13.1. The minimum atomic E-state index is -0.416. The Balaban J connectivity index is 3.16. The van der Waals surface area contributed by atoms with E-state index in [4.69, 9.17) is 10.8 Å². The zero-order chi connectivity index (χ0) is 16.0. The lowest BCUT2D eigenvalue weighted by atomic mass is 10.2. The maximum atomic E-state index is 12.2. The number of anilines is 2. The second-order valence-electron chi connectivity index (χ2n) is 5.32. The molecule has 0 aromatic carbocycles. The molecule has 0 amide bonds. The molecule has 0 aliphatic carbocycles. The van der Waals surface area contributed by atoms with Crippen molar-refractivity contribution in [3.8, 4) is 0 Å². The number of aliphatic hydroxyl groups excluding tert-OH is 1. The molecule has 0 aliphatic rings. The van der Waals surface area contributed by atoms with Crippen molar-refractivity contribution >= 4 is 11.5 Å². The molecule has 120 valence electrons. The quantitative estimate of drug-likeness (QED) is 0.648. The summed E-state index contributed by atoms with van der Waals surface area (Å²) in [5.41, 5.74) is 5.47. The summed E-state index contributed by atoms with van der Waals surface area (Å²) in [4.78, 5) is 24.3. The van der Waals surface area contributed by atoms with E-state index in [0.29, 0.717) is 19.4 Å². The van der Waals surface area contributed by atoms with Crippen molar-refractivity contribution in [1.29, 1.82) is 0 Å². The normalized spacial score (nSPS) is 12.4. The Morgan fingerprint density at radius 3 is 2.57 bits per heavy atom. The van der Waals surface area contributed by atoms with Crippen molar-refractivity contribution in [3.63, 3.8) is 0 Å². The third kappa shape index (κ3) is 4.10. The zero-order valence-corrected chi connectivity index (χ0v) is 13.1. The molecule has 0 fully saturated rings. The second kappa shape index (κ2) is 7.87. The summed E-state index contributed by atoms with van der Waals surface area (Å²) in [5, 5.41) is 11.9. The first-order valence-corrected chi connectivity index (χ1v) is 7.40. The van der Waals surface area contributed by atoms with Gasteiger partial charge in [-0.15, -0.1) is 0 Å². The van der Waals surface area contributed by atoms with Crippen molar-refractivity contribution in [2.24, 2.45) is 7.05 Å². The SMILES string of the molecule is CCCCn1c(N)c(NC(C)CCCO)c(=O)n(C)c1=O. The van der Waals surface area contributed by atoms with E-state index in [-0.39, 0.29) is 29.8 Å². The van der Waals surface area contributed by atoms with E-state index in [1.165, 1.54) is 11.6 Å². The number of nitrogens with one attached hydrogen (secondary N) is 1. The van der Waals surface area contributed by atoms with Gasteiger partial charge in [-0.05, 0) is 26.2 Å². The third-order valence-corrected chi connectivity index (χ3v) is 3.50. The minimum absolute atomic E-state index is 0.00993. The molecular weight excluding hydrogens is 272 g/mol. The number of rotatable bonds is 8. The van der Waals surface area contributed by atoms with Gasteiger partial charge in [-0.1, -0.05) is 13.3 Å². The summed E-state index contributed by atoms with van der Waals surface area (Å²) in [6.45, 7) is 4.54. The third-order valence-electron chi connectivity index (χ3n) is 3.50. The van der Waals surface area contributed by atoms with Gasteiger partial charge in [0.2, 0.25) is 0 Å². The van der Waals surface area contributed by atoms with Crippen molar-refractivity contribution in [1.82, 2.24) is 9.13 Å². The van der Waals surface area contributed by atoms with Gasteiger partial charge in [0.25, 0.3) is 5.56 Å². The summed E-state index contributed by atoms with van der Waals surface area (Å²) in [6, 6.07) is -0.00993. The number of hydrogen-bond acceptors (Lipinski definition) is 5. The van der Waals surface area contributed by atoms with Crippen LogP contribution in [0.4, 0.5) is 11.5 Å². The maximum Gasteiger partial charge on any atom is 0.332 e. The Morgan fingerprint density at radius 2 is 2.00 bits per heavy atom. The number of unbranched alkanes of at least 4 members (excludes halogenated alkanes) is 1. The topological polar surface area (TPSA) is 102 Å². The lowest BCUT2D eigenvalue weighted by Crippen LogP contribution is -2.41. The van der Waals surface area contributed by atoms with Gasteiger partial charge in [-0.2, -0.15) is 0 Å². The monoisotopic (exact) mass is 298 g/mol. The molecule has 0 aliphatic heterocycles.